The number of carbonyl (C=O) groups excluding carboxylic acids is 1. The maximum atomic E-state index is 11.0. The normalized spacial score (nSPS) is 9.92. The van der Waals surface area contributed by atoms with E-state index in [4.69, 9.17) is 11.9 Å². The lowest BCUT2D eigenvalue weighted by Gasteiger charge is -1.98. The maximum Gasteiger partial charge on any atom is 0.270 e. The van der Waals surface area contributed by atoms with Gasteiger partial charge in [0.15, 0.2) is 11.9 Å². The lowest BCUT2D eigenvalue weighted by molar-refractivity contribution is -0.110. The Morgan fingerprint density at radius 3 is 2.77 bits per heavy atom. The van der Waals surface area contributed by atoms with Crippen LogP contribution in [0.2, 0.25) is 0 Å². The Morgan fingerprint density at radius 2 is 2.15 bits per heavy atom. The molecule has 0 aliphatic heterocycles. The highest BCUT2D eigenvalue weighted by Crippen LogP contribution is 2.03. The van der Waals surface area contributed by atoms with Crippen LogP contribution in [-0.2, 0) is 9.18 Å². The number of nitrogens with one attached hydrogen (secondary N) is 1. The fourth-order valence-corrected chi connectivity index (χ4v) is 0.804. The topological polar surface area (TPSA) is 50.7 Å². The van der Waals surface area contributed by atoms with E-state index in [0.29, 0.717) is 5.69 Å². The second-order valence-corrected chi connectivity index (χ2v) is 2.30. The van der Waals surface area contributed by atoms with Crippen molar-refractivity contribution in [3.05, 3.63) is 30.3 Å². The number of benzene rings is 1. The van der Waals surface area contributed by atoms with Gasteiger partial charge in [-0.2, -0.15) is 0 Å². The number of hydrogen-bond acceptors (Lipinski definition) is 3. The molecule has 4 nitrogen and oxygen atoms in total. The number of oxime groups is 1. The van der Waals surface area contributed by atoms with E-state index >= 15 is 0 Å². The van der Waals surface area contributed by atoms with E-state index in [2.05, 4.69) is 14.9 Å². The summed E-state index contributed by atoms with van der Waals surface area (Å²) in [7, 11) is 0. The Labute approximate surface area is 80.3 Å². The van der Waals surface area contributed by atoms with E-state index in [1.54, 1.807) is 12.1 Å². The number of amides is 1. The fraction of sp³-hybridized carbons (Fsp3) is 0. The lowest BCUT2D eigenvalue weighted by atomic mass is 10.3. The second kappa shape index (κ2) is 5.16. The van der Waals surface area contributed by atoms with Crippen LogP contribution in [0.25, 0.3) is 0 Å². The van der Waals surface area contributed by atoms with E-state index in [1.807, 2.05) is 18.2 Å². The Bertz CT molecular complexity index is 300. The number of carbonyl (C=O) groups is 1. The molecular weight excluding hydrogens is 192 g/mol. The van der Waals surface area contributed by atoms with Crippen molar-refractivity contribution in [1.82, 2.24) is 0 Å². The van der Waals surface area contributed by atoms with Crippen LogP contribution in [0.1, 0.15) is 0 Å². The van der Waals surface area contributed by atoms with Crippen LogP contribution < -0.4 is 5.32 Å². The predicted molar refractivity (Wildman–Crippen MR) is 50.5 cm³/mol. The van der Waals surface area contributed by atoms with Gasteiger partial charge in [-0.05, 0) is 12.1 Å². The number of anilines is 1. The van der Waals surface area contributed by atoms with Gasteiger partial charge in [-0.25, -0.2) is 0 Å². The maximum absolute atomic E-state index is 11.0. The summed E-state index contributed by atoms with van der Waals surface area (Å²) in [6.45, 7) is 0. The van der Waals surface area contributed by atoms with E-state index < -0.39 is 5.91 Å². The summed E-state index contributed by atoms with van der Waals surface area (Å²) >= 11 is 4.77. The van der Waals surface area contributed by atoms with Gasteiger partial charge in [-0.15, -0.1) is 0 Å². The molecule has 0 atom stereocenters. The van der Waals surface area contributed by atoms with Gasteiger partial charge in [0.25, 0.3) is 5.91 Å². The quantitative estimate of drug-likeness (QED) is 0.595. The van der Waals surface area contributed by atoms with E-state index in [1.165, 1.54) is 0 Å². The van der Waals surface area contributed by atoms with Gasteiger partial charge in [0.05, 0.1) is 0 Å². The van der Waals surface area contributed by atoms with Crippen LogP contribution in [0.15, 0.2) is 35.5 Å². The zero-order valence-corrected chi connectivity index (χ0v) is 7.36. The summed E-state index contributed by atoms with van der Waals surface area (Å²) in [5.74, 6) is -0.396. The summed E-state index contributed by atoms with van der Waals surface area (Å²) in [5.41, 5.74) is 0.688. The Hall–Kier alpha value is -1.55. The van der Waals surface area contributed by atoms with Crippen LogP contribution in [0.4, 0.5) is 5.69 Å². The molecule has 0 bridgehead atoms. The minimum atomic E-state index is -0.396. The van der Waals surface area contributed by atoms with E-state index in [9.17, 15) is 4.79 Å². The molecule has 1 amide bonds. The standard InChI is InChI=1S/C8H7ClN2O2/c9-13-10-6-8(12)11-7-4-2-1-3-5-7/h1-6H,(H,11,12). The molecule has 13 heavy (non-hydrogen) atoms. The predicted octanol–water partition coefficient (Wildman–Crippen LogP) is 1.78. The van der Waals surface area contributed by atoms with Crippen molar-refractivity contribution in [3.8, 4) is 0 Å². The van der Waals surface area contributed by atoms with Gasteiger partial charge in [0.1, 0.15) is 6.21 Å². The largest absolute Gasteiger partial charge is 0.321 e. The smallest absolute Gasteiger partial charge is 0.270 e. The average molecular weight is 199 g/mol. The number of rotatable bonds is 3. The Balaban J connectivity index is 2.50. The molecule has 0 heterocycles. The first-order chi connectivity index (χ1) is 6.33. The molecule has 0 unspecified atom stereocenters. The molecule has 0 saturated heterocycles. The van der Waals surface area contributed by atoms with Gasteiger partial charge in [-0.1, -0.05) is 23.4 Å². The monoisotopic (exact) mass is 198 g/mol. The zero-order chi connectivity index (χ0) is 9.52. The van der Waals surface area contributed by atoms with Gasteiger partial charge in [-0.3, -0.25) is 9.18 Å². The van der Waals surface area contributed by atoms with Crippen molar-refractivity contribution < 1.29 is 9.18 Å². The number of hydrogen-bond donors (Lipinski definition) is 1. The van der Waals surface area contributed by atoms with Gasteiger partial charge in [0, 0.05) is 5.69 Å². The zero-order valence-electron chi connectivity index (χ0n) is 6.61. The van der Waals surface area contributed by atoms with Crippen molar-refractivity contribution in [3.63, 3.8) is 0 Å². The number of halogens is 1. The molecule has 0 aliphatic carbocycles. The molecular formula is C8H7ClN2O2. The molecule has 0 radical (unpaired) electrons. The van der Waals surface area contributed by atoms with E-state index in [-0.39, 0.29) is 0 Å². The van der Waals surface area contributed by atoms with Crippen molar-refractivity contribution >= 4 is 29.7 Å². The first kappa shape index (κ1) is 9.54. The van der Waals surface area contributed by atoms with Crippen LogP contribution in [0.3, 0.4) is 0 Å². The first-order valence-corrected chi connectivity index (χ1v) is 3.81. The molecule has 68 valence electrons. The molecule has 0 aliphatic rings. The Morgan fingerprint density at radius 1 is 1.46 bits per heavy atom. The van der Waals surface area contributed by atoms with Crippen LogP contribution >= 0.6 is 11.9 Å². The Kier molecular flexibility index (Phi) is 3.78. The molecule has 0 aromatic heterocycles. The highest BCUT2D eigenvalue weighted by Gasteiger charge is 1.96. The summed E-state index contributed by atoms with van der Waals surface area (Å²) in [5, 5.41) is 5.65. The molecule has 1 aromatic carbocycles. The average Bonchev–Trinajstić information content (AvgIpc) is 2.16. The summed E-state index contributed by atoms with van der Waals surface area (Å²) in [6, 6.07) is 8.99. The highest BCUT2D eigenvalue weighted by atomic mass is 35.5. The van der Waals surface area contributed by atoms with Crippen LogP contribution in [0, 0.1) is 0 Å². The molecule has 0 saturated carbocycles. The summed E-state index contributed by atoms with van der Waals surface area (Å²) in [6.07, 6.45) is 0.944. The third-order valence-electron chi connectivity index (χ3n) is 1.25. The molecule has 1 rings (SSSR count). The molecule has 1 N–H and O–H groups in total. The highest BCUT2D eigenvalue weighted by molar-refractivity contribution is 6.31. The van der Waals surface area contributed by atoms with E-state index in [0.717, 1.165) is 6.21 Å². The summed E-state index contributed by atoms with van der Waals surface area (Å²) < 4.78 is 3.83. The number of para-hydroxylation sites is 1. The van der Waals surface area contributed by atoms with Crippen molar-refractivity contribution in [1.29, 1.82) is 0 Å². The van der Waals surface area contributed by atoms with Gasteiger partial charge >= 0.3 is 0 Å². The lowest BCUT2D eigenvalue weighted by Crippen LogP contribution is -2.12. The first-order valence-electron chi connectivity index (χ1n) is 3.50. The van der Waals surface area contributed by atoms with Gasteiger partial charge < -0.3 is 5.32 Å². The van der Waals surface area contributed by atoms with Gasteiger partial charge in [0.2, 0.25) is 0 Å². The molecule has 5 heteroatoms. The second-order valence-electron chi connectivity index (χ2n) is 2.16. The molecule has 0 fully saturated rings. The number of nitrogens with zero attached hydrogens (tertiary/aromatic N) is 1. The fourth-order valence-electron chi connectivity index (χ4n) is 0.764. The molecule has 1 aromatic rings. The van der Waals surface area contributed by atoms with Crippen LogP contribution in [0.5, 0.6) is 0 Å². The SMILES string of the molecule is O=C(C=NOCl)Nc1ccccc1. The third-order valence-corrected chi connectivity index (χ3v) is 1.33. The third kappa shape index (κ3) is 3.57. The van der Waals surface area contributed by atoms with Crippen molar-refractivity contribution in [2.75, 3.05) is 5.32 Å². The van der Waals surface area contributed by atoms with Crippen molar-refractivity contribution in [2.24, 2.45) is 5.16 Å². The minimum Gasteiger partial charge on any atom is -0.321 e. The van der Waals surface area contributed by atoms with Crippen molar-refractivity contribution in [2.45, 2.75) is 0 Å². The summed E-state index contributed by atoms with van der Waals surface area (Å²) in [4.78, 5) is 11.0. The molecule has 0 spiro atoms. The minimum absolute atomic E-state index is 0.396. The van der Waals surface area contributed by atoms with Crippen LogP contribution in [-0.4, -0.2) is 12.1 Å².